The van der Waals surface area contributed by atoms with Crippen molar-refractivity contribution in [3.8, 4) is 0 Å². The van der Waals surface area contributed by atoms with Crippen molar-refractivity contribution in [2.75, 3.05) is 0 Å². The van der Waals surface area contributed by atoms with Crippen molar-refractivity contribution in [3.63, 3.8) is 0 Å². The zero-order valence-corrected chi connectivity index (χ0v) is 9.00. The lowest BCUT2D eigenvalue weighted by Gasteiger charge is -2.17. The number of nitrogens with two attached hydrogens (primary N) is 1. The van der Waals surface area contributed by atoms with Gasteiger partial charge in [0.1, 0.15) is 0 Å². The molecule has 0 aromatic heterocycles. The summed E-state index contributed by atoms with van der Waals surface area (Å²) in [6.07, 6.45) is 0.387. The van der Waals surface area contributed by atoms with E-state index >= 15 is 0 Å². The number of benzene rings is 1. The molecule has 0 saturated heterocycles. The second kappa shape index (κ2) is 3.93. The lowest BCUT2D eigenvalue weighted by molar-refractivity contribution is 0.0959. The third-order valence-corrected chi connectivity index (χ3v) is 2.06. The summed E-state index contributed by atoms with van der Waals surface area (Å²) in [5, 5.41) is 0. The molecule has 0 aliphatic heterocycles. The molecular weight excluding hydrogens is 174 g/mol. The first kappa shape index (κ1) is 10.9. The van der Waals surface area contributed by atoms with Crippen LogP contribution in [-0.2, 0) is 0 Å². The molecule has 0 aliphatic carbocycles. The predicted molar refractivity (Wildman–Crippen MR) is 58.4 cm³/mol. The van der Waals surface area contributed by atoms with Gasteiger partial charge in [-0.1, -0.05) is 24.3 Å². The lowest BCUT2D eigenvalue weighted by atomic mass is 9.93. The summed E-state index contributed by atoms with van der Waals surface area (Å²) < 4.78 is 0. The second-order valence-corrected chi connectivity index (χ2v) is 4.40. The summed E-state index contributed by atoms with van der Waals surface area (Å²) >= 11 is 0. The molecule has 0 atom stereocenters. The minimum Gasteiger partial charge on any atom is -0.325 e. The van der Waals surface area contributed by atoms with Crippen LogP contribution < -0.4 is 5.73 Å². The van der Waals surface area contributed by atoms with Crippen molar-refractivity contribution in [1.29, 1.82) is 0 Å². The third-order valence-electron chi connectivity index (χ3n) is 2.06. The Balaban J connectivity index is 2.86. The van der Waals surface area contributed by atoms with Gasteiger partial charge in [-0.25, -0.2) is 0 Å². The number of hydrogen-bond acceptors (Lipinski definition) is 2. The monoisotopic (exact) mass is 191 g/mol. The van der Waals surface area contributed by atoms with Gasteiger partial charge in [-0.2, -0.15) is 0 Å². The molecule has 0 aliphatic rings. The number of carbonyl (C=O) groups is 1. The smallest absolute Gasteiger partial charge is 0.164 e. The van der Waals surface area contributed by atoms with Crippen LogP contribution in [0.25, 0.3) is 0 Å². The molecule has 0 bridgehead atoms. The van der Waals surface area contributed by atoms with Crippen LogP contribution in [-0.4, -0.2) is 11.3 Å². The van der Waals surface area contributed by atoms with Crippen molar-refractivity contribution in [2.45, 2.75) is 32.7 Å². The topological polar surface area (TPSA) is 43.1 Å². The van der Waals surface area contributed by atoms with Crippen LogP contribution in [0, 0.1) is 6.92 Å². The number of hydrogen-bond donors (Lipinski definition) is 1. The molecule has 76 valence electrons. The highest BCUT2D eigenvalue weighted by Crippen LogP contribution is 2.14. The average molecular weight is 191 g/mol. The van der Waals surface area contributed by atoms with Crippen molar-refractivity contribution < 1.29 is 4.79 Å². The van der Waals surface area contributed by atoms with Gasteiger partial charge in [-0.05, 0) is 26.3 Å². The highest BCUT2D eigenvalue weighted by atomic mass is 16.1. The molecule has 2 N–H and O–H groups in total. The highest BCUT2D eigenvalue weighted by Gasteiger charge is 2.18. The van der Waals surface area contributed by atoms with Crippen LogP contribution in [0.1, 0.15) is 36.2 Å². The molecule has 0 radical (unpaired) electrons. The zero-order chi connectivity index (χ0) is 10.8. The number of aryl methyl sites for hydroxylation is 1. The van der Waals surface area contributed by atoms with Gasteiger partial charge in [0.05, 0.1) is 0 Å². The Morgan fingerprint density at radius 1 is 1.36 bits per heavy atom. The first-order valence-electron chi connectivity index (χ1n) is 4.78. The Labute approximate surface area is 85.1 Å². The highest BCUT2D eigenvalue weighted by molar-refractivity contribution is 5.98. The number of rotatable bonds is 3. The van der Waals surface area contributed by atoms with Gasteiger partial charge in [-0.3, -0.25) is 4.79 Å². The maximum atomic E-state index is 11.8. The fraction of sp³-hybridized carbons (Fsp3) is 0.417. The van der Waals surface area contributed by atoms with E-state index in [-0.39, 0.29) is 5.78 Å². The van der Waals surface area contributed by atoms with Gasteiger partial charge >= 0.3 is 0 Å². The standard InChI is InChI=1S/C12H17NO/c1-9-6-4-5-7-10(9)11(14)8-12(2,3)13/h4-7H,8,13H2,1-3H3. The fourth-order valence-electron chi connectivity index (χ4n) is 1.39. The van der Waals surface area contributed by atoms with Gasteiger partial charge in [0.15, 0.2) is 5.78 Å². The Hall–Kier alpha value is -1.15. The van der Waals surface area contributed by atoms with Crippen molar-refractivity contribution >= 4 is 5.78 Å². The van der Waals surface area contributed by atoms with Gasteiger partial charge in [-0.15, -0.1) is 0 Å². The summed E-state index contributed by atoms with van der Waals surface area (Å²) in [6.45, 7) is 5.67. The number of Topliss-reactive ketones (excluding diaryl/α,β-unsaturated/α-hetero) is 1. The van der Waals surface area contributed by atoms with Crippen molar-refractivity contribution in [2.24, 2.45) is 5.73 Å². The van der Waals surface area contributed by atoms with E-state index in [0.29, 0.717) is 6.42 Å². The van der Waals surface area contributed by atoms with Crippen molar-refractivity contribution in [3.05, 3.63) is 35.4 Å². The molecule has 0 amide bonds. The first-order valence-corrected chi connectivity index (χ1v) is 4.78. The van der Waals surface area contributed by atoms with E-state index in [1.165, 1.54) is 0 Å². The molecule has 0 fully saturated rings. The van der Waals surface area contributed by atoms with E-state index in [0.717, 1.165) is 11.1 Å². The largest absolute Gasteiger partial charge is 0.325 e. The Morgan fingerprint density at radius 3 is 2.43 bits per heavy atom. The van der Waals surface area contributed by atoms with E-state index in [9.17, 15) is 4.79 Å². The molecule has 2 nitrogen and oxygen atoms in total. The first-order chi connectivity index (χ1) is 6.40. The minimum absolute atomic E-state index is 0.121. The number of carbonyl (C=O) groups excluding carboxylic acids is 1. The van der Waals surface area contributed by atoms with Crippen LogP contribution in [0.3, 0.4) is 0 Å². The molecular formula is C12H17NO. The summed E-state index contributed by atoms with van der Waals surface area (Å²) in [5.41, 5.74) is 7.17. The molecule has 14 heavy (non-hydrogen) atoms. The minimum atomic E-state index is -0.431. The second-order valence-electron chi connectivity index (χ2n) is 4.40. The molecule has 1 aromatic rings. The summed E-state index contributed by atoms with van der Waals surface area (Å²) in [5.74, 6) is 0.121. The molecule has 2 heteroatoms. The quantitative estimate of drug-likeness (QED) is 0.745. The summed E-state index contributed by atoms with van der Waals surface area (Å²) in [6, 6.07) is 7.60. The average Bonchev–Trinajstić information content (AvgIpc) is 2.01. The third kappa shape index (κ3) is 2.96. The van der Waals surface area contributed by atoms with E-state index in [4.69, 9.17) is 5.73 Å². The lowest BCUT2D eigenvalue weighted by Crippen LogP contribution is -2.34. The fourth-order valence-corrected chi connectivity index (χ4v) is 1.39. The molecule has 0 heterocycles. The summed E-state index contributed by atoms with van der Waals surface area (Å²) in [7, 11) is 0. The maximum Gasteiger partial charge on any atom is 0.164 e. The van der Waals surface area contributed by atoms with Crippen molar-refractivity contribution in [1.82, 2.24) is 0 Å². The van der Waals surface area contributed by atoms with Gasteiger partial charge < -0.3 is 5.73 Å². The molecule has 0 spiro atoms. The van der Waals surface area contributed by atoms with E-state index in [1.54, 1.807) is 0 Å². The maximum absolute atomic E-state index is 11.8. The van der Waals surface area contributed by atoms with Gasteiger partial charge in [0.25, 0.3) is 0 Å². The van der Waals surface area contributed by atoms with Gasteiger partial charge in [0, 0.05) is 17.5 Å². The number of ketones is 1. The van der Waals surface area contributed by atoms with Crippen LogP contribution >= 0.6 is 0 Å². The molecule has 0 saturated carbocycles. The Morgan fingerprint density at radius 2 is 1.93 bits per heavy atom. The molecule has 0 unspecified atom stereocenters. The summed E-state index contributed by atoms with van der Waals surface area (Å²) in [4.78, 5) is 11.8. The van der Waals surface area contributed by atoms with Gasteiger partial charge in [0.2, 0.25) is 0 Å². The normalized spacial score (nSPS) is 11.4. The van der Waals surface area contributed by atoms with Crippen LogP contribution in [0.15, 0.2) is 24.3 Å². The van der Waals surface area contributed by atoms with Crippen LogP contribution in [0.4, 0.5) is 0 Å². The molecule has 1 rings (SSSR count). The van der Waals surface area contributed by atoms with E-state index < -0.39 is 5.54 Å². The van der Waals surface area contributed by atoms with Crippen LogP contribution in [0.5, 0.6) is 0 Å². The van der Waals surface area contributed by atoms with E-state index in [1.807, 2.05) is 45.0 Å². The Bertz CT molecular complexity index is 336. The zero-order valence-electron chi connectivity index (χ0n) is 9.00. The SMILES string of the molecule is Cc1ccccc1C(=O)CC(C)(C)N. The Kier molecular flexibility index (Phi) is 3.06. The molecule has 1 aromatic carbocycles. The predicted octanol–water partition coefficient (Wildman–Crippen LogP) is 2.31. The van der Waals surface area contributed by atoms with E-state index in [2.05, 4.69) is 0 Å². The van der Waals surface area contributed by atoms with Crippen LogP contribution in [0.2, 0.25) is 0 Å².